The zero-order valence-electron chi connectivity index (χ0n) is 6.98. The van der Waals surface area contributed by atoms with E-state index in [0.29, 0.717) is 0 Å². The summed E-state index contributed by atoms with van der Waals surface area (Å²) in [7, 11) is 0. The third kappa shape index (κ3) is 1.75. The Morgan fingerprint density at radius 3 is 2.62 bits per heavy atom. The molecule has 13 heavy (non-hydrogen) atoms. The average Bonchev–Trinajstić information content (AvgIpc) is 2.53. The third-order valence-corrected chi connectivity index (χ3v) is 1.99. The summed E-state index contributed by atoms with van der Waals surface area (Å²) in [5, 5.41) is 0. The number of halogens is 1. The minimum atomic E-state index is 0.730. The van der Waals surface area contributed by atoms with Crippen molar-refractivity contribution in [1.82, 2.24) is 19.5 Å². The monoisotopic (exact) mass is 238 g/mol. The van der Waals surface area contributed by atoms with Gasteiger partial charge in [0.2, 0.25) is 0 Å². The van der Waals surface area contributed by atoms with Crippen molar-refractivity contribution >= 4 is 15.9 Å². The standard InChI is InChI=1S/C8H7BrN4/c1-6-4-13(5-12-6)8-3-10-7(9)2-11-8/h2-5H,1H3. The van der Waals surface area contributed by atoms with Crippen LogP contribution in [-0.2, 0) is 0 Å². The summed E-state index contributed by atoms with van der Waals surface area (Å²) >= 11 is 3.22. The van der Waals surface area contributed by atoms with Gasteiger partial charge >= 0.3 is 0 Å². The lowest BCUT2D eigenvalue weighted by molar-refractivity contribution is 0.963. The van der Waals surface area contributed by atoms with Crippen molar-refractivity contribution < 1.29 is 0 Å². The first-order valence-corrected chi connectivity index (χ1v) is 4.53. The van der Waals surface area contributed by atoms with Crippen LogP contribution in [0.1, 0.15) is 5.69 Å². The molecule has 0 aliphatic carbocycles. The molecule has 0 radical (unpaired) electrons. The minimum absolute atomic E-state index is 0.730. The fourth-order valence-corrected chi connectivity index (χ4v) is 1.19. The topological polar surface area (TPSA) is 43.6 Å². The van der Waals surface area contributed by atoms with Gasteiger partial charge in [-0.1, -0.05) is 0 Å². The van der Waals surface area contributed by atoms with E-state index < -0.39 is 0 Å². The summed E-state index contributed by atoms with van der Waals surface area (Å²) in [4.78, 5) is 12.3. The molecule has 0 fully saturated rings. The number of nitrogens with zero attached hydrogens (tertiary/aromatic N) is 4. The highest BCUT2D eigenvalue weighted by atomic mass is 79.9. The molecule has 0 bridgehead atoms. The van der Waals surface area contributed by atoms with Crippen LogP contribution in [-0.4, -0.2) is 19.5 Å². The maximum atomic E-state index is 4.18. The molecule has 0 N–H and O–H groups in total. The van der Waals surface area contributed by atoms with Crippen LogP contribution in [0.4, 0.5) is 0 Å². The summed E-state index contributed by atoms with van der Waals surface area (Å²) in [6.07, 6.45) is 6.96. The van der Waals surface area contributed by atoms with Crippen molar-refractivity contribution in [2.24, 2.45) is 0 Å². The molecule has 4 nitrogen and oxygen atoms in total. The predicted octanol–water partition coefficient (Wildman–Crippen LogP) is 1.73. The zero-order chi connectivity index (χ0) is 9.26. The highest BCUT2D eigenvalue weighted by molar-refractivity contribution is 9.10. The Kier molecular flexibility index (Phi) is 2.10. The van der Waals surface area contributed by atoms with E-state index in [0.717, 1.165) is 16.1 Å². The Morgan fingerprint density at radius 2 is 2.08 bits per heavy atom. The number of hydrogen-bond donors (Lipinski definition) is 0. The molecule has 0 atom stereocenters. The fourth-order valence-electron chi connectivity index (χ4n) is 0.985. The van der Waals surface area contributed by atoms with E-state index in [1.54, 1.807) is 18.7 Å². The van der Waals surface area contributed by atoms with Crippen LogP contribution in [0.2, 0.25) is 0 Å². The highest BCUT2D eigenvalue weighted by Crippen LogP contribution is 2.07. The normalized spacial score (nSPS) is 10.3. The molecular weight excluding hydrogens is 232 g/mol. The molecule has 0 unspecified atom stereocenters. The molecule has 0 aliphatic rings. The van der Waals surface area contributed by atoms with Gasteiger partial charge in [0.05, 0.1) is 18.1 Å². The lowest BCUT2D eigenvalue weighted by Gasteiger charge is -1.98. The van der Waals surface area contributed by atoms with Gasteiger partial charge < -0.3 is 0 Å². The summed E-state index contributed by atoms with van der Waals surface area (Å²) in [6.45, 7) is 1.93. The molecule has 2 aromatic heterocycles. The van der Waals surface area contributed by atoms with Gasteiger partial charge in [-0.15, -0.1) is 0 Å². The third-order valence-electron chi connectivity index (χ3n) is 1.58. The smallest absolute Gasteiger partial charge is 0.156 e. The maximum Gasteiger partial charge on any atom is 0.156 e. The van der Waals surface area contributed by atoms with E-state index >= 15 is 0 Å². The first-order chi connectivity index (χ1) is 6.25. The number of aryl methyl sites for hydroxylation is 1. The lowest BCUT2D eigenvalue weighted by atomic mass is 10.5. The van der Waals surface area contributed by atoms with E-state index in [9.17, 15) is 0 Å². The van der Waals surface area contributed by atoms with Gasteiger partial charge in [0.25, 0.3) is 0 Å². The molecule has 0 aliphatic heterocycles. The predicted molar refractivity (Wildman–Crippen MR) is 51.6 cm³/mol. The van der Waals surface area contributed by atoms with Crippen LogP contribution >= 0.6 is 15.9 Å². The first-order valence-electron chi connectivity index (χ1n) is 3.74. The Morgan fingerprint density at radius 1 is 1.23 bits per heavy atom. The number of aromatic nitrogens is 4. The second-order valence-electron chi connectivity index (χ2n) is 2.62. The Balaban J connectivity index is 2.41. The average molecular weight is 239 g/mol. The van der Waals surface area contributed by atoms with Crippen LogP contribution in [0.5, 0.6) is 0 Å². The van der Waals surface area contributed by atoms with Gasteiger partial charge in [0, 0.05) is 6.20 Å². The number of rotatable bonds is 1. The summed E-state index contributed by atoms with van der Waals surface area (Å²) in [5.74, 6) is 0.767. The Bertz CT molecular complexity index is 406. The first kappa shape index (κ1) is 8.37. The number of imidazole rings is 1. The summed E-state index contributed by atoms with van der Waals surface area (Å²) in [5.41, 5.74) is 0.963. The molecule has 0 saturated carbocycles. The van der Waals surface area contributed by atoms with E-state index in [2.05, 4.69) is 30.9 Å². The molecule has 5 heteroatoms. The fraction of sp³-hybridized carbons (Fsp3) is 0.125. The van der Waals surface area contributed by atoms with Gasteiger partial charge in [-0.3, -0.25) is 4.57 Å². The molecule has 2 aromatic rings. The quantitative estimate of drug-likeness (QED) is 0.761. The van der Waals surface area contributed by atoms with Crippen molar-refractivity contribution in [2.45, 2.75) is 6.92 Å². The summed E-state index contributed by atoms with van der Waals surface area (Å²) < 4.78 is 2.56. The Labute approximate surface area is 83.8 Å². The van der Waals surface area contributed by atoms with E-state index in [1.165, 1.54) is 0 Å². The van der Waals surface area contributed by atoms with Crippen LogP contribution in [0, 0.1) is 6.92 Å². The molecule has 2 heterocycles. The van der Waals surface area contributed by atoms with Gasteiger partial charge in [-0.25, -0.2) is 15.0 Å². The second kappa shape index (κ2) is 3.26. The maximum absolute atomic E-state index is 4.18. The molecular formula is C8H7BrN4. The molecule has 2 rings (SSSR count). The van der Waals surface area contributed by atoms with Crippen molar-refractivity contribution in [3.05, 3.63) is 35.2 Å². The van der Waals surface area contributed by atoms with E-state index in [-0.39, 0.29) is 0 Å². The highest BCUT2D eigenvalue weighted by Gasteiger charge is 1.98. The van der Waals surface area contributed by atoms with Gasteiger partial charge in [-0.2, -0.15) is 0 Å². The molecule has 0 amide bonds. The summed E-state index contributed by atoms with van der Waals surface area (Å²) in [6, 6.07) is 0. The van der Waals surface area contributed by atoms with Gasteiger partial charge in [0.1, 0.15) is 10.9 Å². The van der Waals surface area contributed by atoms with Crippen molar-refractivity contribution in [3.63, 3.8) is 0 Å². The van der Waals surface area contributed by atoms with Crippen molar-refractivity contribution in [2.75, 3.05) is 0 Å². The number of hydrogen-bond acceptors (Lipinski definition) is 3. The Hall–Kier alpha value is -1.23. The molecule has 0 aromatic carbocycles. The van der Waals surface area contributed by atoms with Crippen LogP contribution < -0.4 is 0 Å². The van der Waals surface area contributed by atoms with Gasteiger partial charge in [0.15, 0.2) is 5.82 Å². The van der Waals surface area contributed by atoms with Crippen LogP contribution in [0.15, 0.2) is 29.5 Å². The zero-order valence-corrected chi connectivity index (χ0v) is 8.56. The molecule has 66 valence electrons. The lowest BCUT2D eigenvalue weighted by Crippen LogP contribution is -1.94. The molecule has 0 saturated heterocycles. The molecule has 0 spiro atoms. The van der Waals surface area contributed by atoms with E-state index in [4.69, 9.17) is 0 Å². The SMILES string of the molecule is Cc1cn(-c2cnc(Br)cn2)cn1. The van der Waals surface area contributed by atoms with E-state index in [1.807, 2.05) is 17.7 Å². The van der Waals surface area contributed by atoms with Crippen molar-refractivity contribution in [3.8, 4) is 5.82 Å². The van der Waals surface area contributed by atoms with Crippen molar-refractivity contribution in [1.29, 1.82) is 0 Å². The van der Waals surface area contributed by atoms with Gasteiger partial charge in [-0.05, 0) is 22.9 Å². The second-order valence-corrected chi connectivity index (χ2v) is 3.43. The van der Waals surface area contributed by atoms with Crippen LogP contribution in [0.3, 0.4) is 0 Å². The minimum Gasteiger partial charge on any atom is -0.289 e. The van der Waals surface area contributed by atoms with Crippen LogP contribution in [0.25, 0.3) is 5.82 Å². The largest absolute Gasteiger partial charge is 0.289 e.